The van der Waals surface area contributed by atoms with Crippen molar-refractivity contribution in [2.75, 3.05) is 26.4 Å². The van der Waals surface area contributed by atoms with Gasteiger partial charge in [0.05, 0.1) is 19.8 Å². The molecule has 10 heteroatoms. The first-order valence-corrected chi connectivity index (χ1v) is 7.88. The first-order chi connectivity index (χ1) is 8.33. The number of nitrogens with one attached hydrogen (secondary N) is 2. The monoisotopic (exact) mass is 300 g/mol. The molecule has 18 heavy (non-hydrogen) atoms. The van der Waals surface area contributed by atoms with E-state index in [9.17, 15) is 16.8 Å². The lowest BCUT2D eigenvalue weighted by Crippen LogP contribution is -2.27. The van der Waals surface area contributed by atoms with Crippen LogP contribution in [0.4, 0.5) is 0 Å². The summed E-state index contributed by atoms with van der Waals surface area (Å²) in [6.07, 6.45) is 0. The van der Waals surface area contributed by atoms with Gasteiger partial charge < -0.3 is 4.74 Å². The number of hydrogen-bond acceptors (Lipinski definition) is 6. The maximum Gasteiger partial charge on any atom is 0.255 e. The highest BCUT2D eigenvalue weighted by Crippen LogP contribution is 1.85. The third kappa shape index (κ3) is 9.27. The smallest absolute Gasteiger partial charge is 0.255 e. The zero-order valence-electron chi connectivity index (χ0n) is 9.66. The van der Waals surface area contributed by atoms with Crippen LogP contribution in [0.25, 0.3) is 0 Å². The van der Waals surface area contributed by atoms with Gasteiger partial charge in [0, 0.05) is 17.4 Å². The van der Waals surface area contributed by atoms with Gasteiger partial charge in [-0.25, -0.2) is 21.6 Å². The van der Waals surface area contributed by atoms with Gasteiger partial charge in [0.25, 0.3) is 10.0 Å². The van der Waals surface area contributed by atoms with Crippen molar-refractivity contribution in [2.45, 2.75) is 0 Å². The van der Waals surface area contributed by atoms with Crippen molar-refractivity contribution in [1.82, 2.24) is 9.61 Å². The summed E-state index contributed by atoms with van der Waals surface area (Å²) in [7, 11) is -7.05. The van der Waals surface area contributed by atoms with Crippen molar-refractivity contribution >= 4 is 20.0 Å². The summed E-state index contributed by atoms with van der Waals surface area (Å²) >= 11 is 0. The third-order valence-corrected chi connectivity index (χ3v) is 3.33. The van der Waals surface area contributed by atoms with Crippen molar-refractivity contribution in [1.29, 1.82) is 0 Å². The van der Waals surface area contributed by atoms with Crippen LogP contribution in [-0.4, -0.2) is 43.2 Å². The minimum absolute atomic E-state index is 0.0126. The van der Waals surface area contributed by atoms with Crippen LogP contribution in [0.5, 0.6) is 0 Å². The van der Waals surface area contributed by atoms with Gasteiger partial charge in [0.2, 0.25) is 10.0 Å². The molecular formula is C8H16N2O6S2. The van der Waals surface area contributed by atoms with Gasteiger partial charge >= 0.3 is 0 Å². The Morgan fingerprint density at radius 2 is 1.56 bits per heavy atom. The normalized spacial score (nSPS) is 12.2. The molecule has 0 fully saturated rings. The van der Waals surface area contributed by atoms with E-state index in [-0.39, 0.29) is 26.4 Å². The first-order valence-electron chi connectivity index (χ1n) is 4.79. The van der Waals surface area contributed by atoms with E-state index >= 15 is 0 Å². The number of hydrogen-bond donors (Lipinski definition) is 2. The molecule has 0 saturated heterocycles. The average molecular weight is 300 g/mol. The number of sulfonamides is 2. The maximum absolute atomic E-state index is 10.9. The minimum atomic E-state index is -3.61. The highest BCUT2D eigenvalue weighted by Gasteiger charge is 2.03. The second-order valence-electron chi connectivity index (χ2n) is 2.86. The molecule has 0 spiro atoms. The summed E-state index contributed by atoms with van der Waals surface area (Å²) in [5.74, 6) is 0. The molecule has 2 N–H and O–H groups in total. The Bertz CT molecular complexity index is 412. The van der Waals surface area contributed by atoms with Crippen LogP contribution in [0.1, 0.15) is 0 Å². The topological polar surface area (TPSA) is 111 Å². The van der Waals surface area contributed by atoms with Gasteiger partial charge in [-0.2, -0.15) is 0 Å². The molecule has 8 nitrogen and oxygen atoms in total. The van der Waals surface area contributed by atoms with E-state index in [0.29, 0.717) is 5.41 Å². The predicted molar refractivity (Wildman–Crippen MR) is 66.1 cm³/mol. The molecule has 0 radical (unpaired) electrons. The lowest BCUT2D eigenvalue weighted by atomic mass is 10.7. The van der Waals surface area contributed by atoms with E-state index < -0.39 is 20.0 Å². The van der Waals surface area contributed by atoms with E-state index in [1.54, 1.807) is 4.89 Å². The standard InChI is InChI=1S/C8H16N2O6S2/c1-3-17(11,12)9-5-6-15-7-8-16-10-18(13,14)4-2/h3-4,9-10H,1-2,5-8H2. The second kappa shape index (κ2) is 8.34. The molecule has 0 amide bonds. The molecule has 0 atom stereocenters. The van der Waals surface area contributed by atoms with Gasteiger partial charge in [0.1, 0.15) is 0 Å². The SMILES string of the molecule is C=CS(=O)(=O)NCCOCCONS(=O)(=O)C=C. The van der Waals surface area contributed by atoms with Crippen molar-refractivity contribution in [2.24, 2.45) is 0 Å². The average Bonchev–Trinajstić information content (AvgIpc) is 2.32. The van der Waals surface area contributed by atoms with Crippen LogP contribution in [0.3, 0.4) is 0 Å². The van der Waals surface area contributed by atoms with Gasteiger partial charge in [-0.15, -0.1) is 0 Å². The predicted octanol–water partition coefficient (Wildman–Crippen LogP) is -0.940. The summed E-state index contributed by atoms with van der Waals surface area (Å²) in [5.41, 5.74) is 0. The van der Waals surface area contributed by atoms with Crippen molar-refractivity contribution in [3.63, 3.8) is 0 Å². The van der Waals surface area contributed by atoms with E-state index in [1.165, 1.54) is 0 Å². The zero-order chi connectivity index (χ0) is 14.1. The molecule has 106 valence electrons. The molecule has 0 rings (SSSR count). The fourth-order valence-corrected chi connectivity index (χ4v) is 1.48. The molecule has 0 aromatic rings. The minimum Gasteiger partial charge on any atom is -0.378 e. The quantitative estimate of drug-likeness (QED) is 0.376. The fourth-order valence-electron chi connectivity index (χ4n) is 0.675. The second-order valence-corrected chi connectivity index (χ2v) is 6.16. The highest BCUT2D eigenvalue weighted by atomic mass is 32.2. The Kier molecular flexibility index (Phi) is 7.98. The van der Waals surface area contributed by atoms with Crippen LogP contribution >= 0.6 is 0 Å². The summed E-state index contributed by atoms with van der Waals surface area (Å²) in [5, 5.41) is 1.50. The zero-order valence-corrected chi connectivity index (χ0v) is 11.3. The lowest BCUT2D eigenvalue weighted by Gasteiger charge is -2.06. The Morgan fingerprint density at radius 1 is 0.944 bits per heavy atom. The largest absolute Gasteiger partial charge is 0.378 e. The van der Waals surface area contributed by atoms with Gasteiger partial charge in [-0.3, -0.25) is 4.84 Å². The summed E-state index contributed by atoms with van der Waals surface area (Å²) < 4.78 is 50.5. The van der Waals surface area contributed by atoms with Crippen LogP contribution in [0, 0.1) is 0 Å². The van der Waals surface area contributed by atoms with E-state index in [4.69, 9.17) is 4.74 Å². The Hall–Kier alpha value is -0.780. The molecule has 0 aromatic carbocycles. The van der Waals surface area contributed by atoms with Crippen molar-refractivity contribution in [3.8, 4) is 0 Å². The van der Waals surface area contributed by atoms with Crippen LogP contribution in [-0.2, 0) is 29.6 Å². The van der Waals surface area contributed by atoms with Gasteiger partial charge in [-0.1, -0.05) is 18.0 Å². The maximum atomic E-state index is 10.9. The lowest BCUT2D eigenvalue weighted by molar-refractivity contribution is 0.0286. The summed E-state index contributed by atoms with van der Waals surface area (Å²) in [6, 6.07) is 0. The molecule has 0 aliphatic carbocycles. The van der Waals surface area contributed by atoms with E-state index in [2.05, 4.69) is 22.7 Å². The molecule has 0 bridgehead atoms. The summed E-state index contributed by atoms with van der Waals surface area (Å²) in [6.45, 7) is 6.50. The molecule has 0 aromatic heterocycles. The Morgan fingerprint density at radius 3 is 2.11 bits per heavy atom. The van der Waals surface area contributed by atoms with Crippen molar-refractivity contribution < 1.29 is 26.4 Å². The molecule has 0 aliphatic rings. The van der Waals surface area contributed by atoms with Crippen LogP contribution in [0.15, 0.2) is 24.0 Å². The highest BCUT2D eigenvalue weighted by molar-refractivity contribution is 7.92. The summed E-state index contributed by atoms with van der Waals surface area (Å²) in [4.78, 5) is 6.35. The number of ether oxygens (including phenoxy) is 1. The van der Waals surface area contributed by atoms with Gasteiger partial charge in [-0.05, 0) is 0 Å². The Balaban J connectivity index is 3.48. The van der Waals surface area contributed by atoms with Crippen molar-refractivity contribution in [3.05, 3.63) is 24.0 Å². The molecular weight excluding hydrogens is 284 g/mol. The first kappa shape index (κ1) is 17.2. The third-order valence-electron chi connectivity index (χ3n) is 1.49. The fraction of sp³-hybridized carbons (Fsp3) is 0.500. The van der Waals surface area contributed by atoms with Gasteiger partial charge in [0.15, 0.2) is 0 Å². The molecule has 0 aliphatic heterocycles. The van der Waals surface area contributed by atoms with E-state index in [1.807, 2.05) is 0 Å². The molecule has 0 saturated carbocycles. The molecule has 0 heterocycles. The van der Waals surface area contributed by atoms with E-state index in [0.717, 1.165) is 5.41 Å². The van der Waals surface area contributed by atoms with Crippen LogP contribution in [0.2, 0.25) is 0 Å². The van der Waals surface area contributed by atoms with Crippen LogP contribution < -0.4 is 9.61 Å². The Labute approximate surface area is 107 Å². The number of rotatable bonds is 11. The molecule has 0 unspecified atom stereocenters.